The number of fused-ring (bicyclic) bond motifs is 3. The number of benzene rings is 1. The van der Waals surface area contributed by atoms with Gasteiger partial charge in [-0.1, -0.05) is 26.3 Å². The predicted octanol–water partition coefficient (Wildman–Crippen LogP) is 3.86. The van der Waals surface area contributed by atoms with Crippen LogP contribution in [0.15, 0.2) is 29.2 Å². The van der Waals surface area contributed by atoms with Gasteiger partial charge in [-0.2, -0.15) is 0 Å². The van der Waals surface area contributed by atoms with Crippen molar-refractivity contribution in [2.24, 2.45) is 0 Å². The Morgan fingerprint density at radius 1 is 1.27 bits per heavy atom. The molecule has 26 heavy (non-hydrogen) atoms. The highest BCUT2D eigenvalue weighted by atomic mass is 16.5. The average Bonchev–Trinajstić information content (AvgIpc) is 2.62. The highest BCUT2D eigenvalue weighted by Gasteiger charge is 2.26. The summed E-state index contributed by atoms with van der Waals surface area (Å²) in [6.45, 7) is 6.12. The summed E-state index contributed by atoms with van der Waals surface area (Å²) in [7, 11) is 0. The van der Waals surface area contributed by atoms with Gasteiger partial charge < -0.3 is 14.4 Å². The van der Waals surface area contributed by atoms with E-state index in [1.54, 1.807) is 19.2 Å². The fourth-order valence-electron chi connectivity index (χ4n) is 3.68. The largest absolute Gasteiger partial charge is 0.508 e. The fraction of sp³-hybridized carbons (Fsp3) is 0.429. The first-order chi connectivity index (χ1) is 12.5. The fourth-order valence-corrected chi connectivity index (χ4v) is 3.68. The molecule has 3 rings (SSSR count). The number of carbonyl (C=O) groups is 1. The molecule has 1 aliphatic rings. The maximum Gasteiger partial charge on any atom is 0.343 e. The van der Waals surface area contributed by atoms with Gasteiger partial charge in [-0.25, -0.2) is 4.79 Å². The Kier molecular flexibility index (Phi) is 5.16. The molecule has 0 saturated heterocycles. The van der Waals surface area contributed by atoms with E-state index in [0.29, 0.717) is 0 Å². The van der Waals surface area contributed by atoms with Crippen LogP contribution in [0.2, 0.25) is 0 Å². The Morgan fingerprint density at radius 2 is 2.04 bits per heavy atom. The quantitative estimate of drug-likeness (QED) is 0.827. The first kappa shape index (κ1) is 18.2. The molecule has 0 fully saturated rings. The minimum atomic E-state index is -0.588. The summed E-state index contributed by atoms with van der Waals surface area (Å²) in [5, 5.41) is 10.4. The van der Waals surface area contributed by atoms with Gasteiger partial charge in [0.25, 0.3) is 0 Å². The number of hydrogen-bond donors (Lipinski definition) is 1. The summed E-state index contributed by atoms with van der Waals surface area (Å²) in [5.74, 6) is -0.330. The Labute approximate surface area is 153 Å². The summed E-state index contributed by atoms with van der Waals surface area (Å²) < 4.78 is 6.99. The molecule has 0 aliphatic carbocycles. The van der Waals surface area contributed by atoms with Crippen molar-refractivity contribution in [3.8, 4) is 17.0 Å². The maximum absolute atomic E-state index is 12.5. The lowest BCUT2D eigenvalue weighted by Gasteiger charge is -2.31. The second-order valence-electron chi connectivity index (χ2n) is 6.72. The zero-order chi connectivity index (χ0) is 18.8. The van der Waals surface area contributed by atoms with Gasteiger partial charge in [-0.3, -0.25) is 4.79 Å². The molecule has 138 valence electrons. The molecular formula is C21H25NO4. The number of esters is 1. The molecule has 1 aromatic heterocycles. The van der Waals surface area contributed by atoms with Crippen molar-refractivity contribution in [1.29, 1.82) is 0 Å². The number of ether oxygens (including phenoxy) is 1. The van der Waals surface area contributed by atoms with E-state index in [9.17, 15) is 14.7 Å². The van der Waals surface area contributed by atoms with Gasteiger partial charge in [0.15, 0.2) is 5.43 Å². The zero-order valence-corrected chi connectivity index (χ0v) is 15.5. The number of aromatic nitrogens is 1. The van der Waals surface area contributed by atoms with Crippen LogP contribution in [0, 0.1) is 0 Å². The van der Waals surface area contributed by atoms with E-state index in [1.165, 1.54) is 6.07 Å². The molecule has 0 amide bonds. The number of nitrogens with zero attached hydrogens (tertiary/aromatic N) is 1. The molecule has 0 radical (unpaired) electrons. The summed E-state index contributed by atoms with van der Waals surface area (Å²) in [4.78, 5) is 24.6. The molecule has 2 heterocycles. The van der Waals surface area contributed by atoms with Crippen LogP contribution in [-0.2, 0) is 17.6 Å². The first-order valence-corrected chi connectivity index (χ1v) is 9.28. The molecule has 1 N–H and O–H groups in total. The van der Waals surface area contributed by atoms with Crippen LogP contribution in [0.3, 0.4) is 0 Å². The lowest BCUT2D eigenvalue weighted by atomic mass is 9.88. The average molecular weight is 355 g/mol. The van der Waals surface area contributed by atoms with Crippen LogP contribution in [0.5, 0.6) is 5.75 Å². The third-order valence-corrected chi connectivity index (χ3v) is 4.99. The summed E-state index contributed by atoms with van der Waals surface area (Å²) in [5.41, 5.74) is 3.40. The highest BCUT2D eigenvalue weighted by Crippen LogP contribution is 2.39. The number of rotatable bonds is 5. The maximum atomic E-state index is 12.5. The Bertz CT molecular complexity index is 898. The second-order valence-corrected chi connectivity index (χ2v) is 6.72. The number of hydrogen-bond acceptors (Lipinski definition) is 4. The number of phenols is 1. The number of pyridine rings is 1. The van der Waals surface area contributed by atoms with Gasteiger partial charge in [0.1, 0.15) is 11.3 Å². The summed E-state index contributed by atoms with van der Waals surface area (Å²) >= 11 is 0. The van der Waals surface area contributed by atoms with Crippen LogP contribution in [-0.4, -0.2) is 22.2 Å². The number of aryl methyl sites for hydroxylation is 1. The van der Waals surface area contributed by atoms with Crippen molar-refractivity contribution in [2.75, 3.05) is 6.61 Å². The standard InChI is InChI=1S/C21H25NO4/c1-4-7-13-8-14-9-15(5-2)22-12-17(21(25)26-6-3)20(24)11-18(22)16(14)10-19(13)23/h8,10-12,15,23H,4-7,9H2,1-3H3. The molecule has 0 saturated carbocycles. The van der Waals surface area contributed by atoms with Gasteiger partial charge in [-0.15, -0.1) is 0 Å². The molecule has 5 nitrogen and oxygen atoms in total. The molecule has 2 aromatic rings. The van der Waals surface area contributed by atoms with Gasteiger partial charge in [0, 0.05) is 23.9 Å². The molecule has 1 aromatic carbocycles. The Balaban J connectivity index is 2.18. The molecule has 1 unspecified atom stereocenters. The first-order valence-electron chi connectivity index (χ1n) is 9.28. The minimum Gasteiger partial charge on any atom is -0.508 e. The zero-order valence-electron chi connectivity index (χ0n) is 15.5. The molecule has 0 bridgehead atoms. The molecule has 5 heteroatoms. The Hall–Kier alpha value is -2.56. The summed E-state index contributed by atoms with van der Waals surface area (Å²) in [6, 6.07) is 5.46. The van der Waals surface area contributed by atoms with Gasteiger partial charge in [-0.05, 0) is 43.4 Å². The lowest BCUT2D eigenvalue weighted by molar-refractivity contribution is 0.0523. The van der Waals surface area contributed by atoms with Crippen LogP contribution < -0.4 is 5.43 Å². The third kappa shape index (κ3) is 3.14. The van der Waals surface area contributed by atoms with E-state index in [0.717, 1.165) is 48.1 Å². The van der Waals surface area contributed by atoms with E-state index in [4.69, 9.17) is 4.74 Å². The predicted molar refractivity (Wildman–Crippen MR) is 101 cm³/mol. The van der Waals surface area contributed by atoms with Crippen molar-refractivity contribution in [2.45, 2.75) is 52.5 Å². The van der Waals surface area contributed by atoms with Crippen LogP contribution >= 0.6 is 0 Å². The Morgan fingerprint density at radius 3 is 2.69 bits per heavy atom. The van der Waals surface area contributed by atoms with Crippen LogP contribution in [0.25, 0.3) is 11.3 Å². The molecule has 1 aliphatic heterocycles. The van der Waals surface area contributed by atoms with Crippen molar-refractivity contribution < 1.29 is 14.6 Å². The topological polar surface area (TPSA) is 68.5 Å². The smallest absolute Gasteiger partial charge is 0.343 e. The molecule has 1 atom stereocenters. The SMILES string of the molecule is CCCc1cc2c(cc1O)-c1cc(=O)c(C(=O)OCC)cn1C(CC)C2. The number of phenolic OH excluding ortho intramolecular Hbond substituents is 1. The van der Waals surface area contributed by atoms with Gasteiger partial charge in [0.05, 0.1) is 12.3 Å². The molecule has 0 spiro atoms. The van der Waals surface area contributed by atoms with Crippen molar-refractivity contribution >= 4 is 5.97 Å². The van der Waals surface area contributed by atoms with E-state index in [1.807, 2.05) is 4.57 Å². The van der Waals surface area contributed by atoms with Crippen molar-refractivity contribution in [3.05, 3.63) is 51.3 Å². The number of carbonyl (C=O) groups excluding carboxylic acids is 1. The normalized spacial score (nSPS) is 15.3. The minimum absolute atomic E-state index is 0.0596. The van der Waals surface area contributed by atoms with Crippen molar-refractivity contribution in [3.63, 3.8) is 0 Å². The molecular weight excluding hydrogens is 330 g/mol. The van der Waals surface area contributed by atoms with Crippen LogP contribution in [0.4, 0.5) is 0 Å². The second kappa shape index (κ2) is 7.36. The monoisotopic (exact) mass is 355 g/mol. The lowest BCUT2D eigenvalue weighted by Crippen LogP contribution is -2.26. The van der Waals surface area contributed by atoms with Gasteiger partial charge >= 0.3 is 5.97 Å². The van der Waals surface area contributed by atoms with E-state index in [2.05, 4.69) is 19.9 Å². The van der Waals surface area contributed by atoms with Crippen molar-refractivity contribution in [1.82, 2.24) is 4.57 Å². The van der Waals surface area contributed by atoms with E-state index >= 15 is 0 Å². The van der Waals surface area contributed by atoms with Gasteiger partial charge in [0.2, 0.25) is 0 Å². The summed E-state index contributed by atoms with van der Waals surface area (Å²) in [6.07, 6.45) is 5.08. The highest BCUT2D eigenvalue weighted by molar-refractivity contribution is 5.89. The van der Waals surface area contributed by atoms with E-state index < -0.39 is 5.97 Å². The van der Waals surface area contributed by atoms with E-state index in [-0.39, 0.29) is 29.4 Å². The third-order valence-electron chi connectivity index (χ3n) is 4.99. The van der Waals surface area contributed by atoms with Crippen LogP contribution in [0.1, 0.15) is 61.1 Å². The number of aromatic hydroxyl groups is 1.